The fraction of sp³-hybridized carbons (Fsp3) is 0.909. The van der Waals surface area contributed by atoms with E-state index in [1.54, 1.807) is 0 Å². The molecule has 0 atom stereocenters. The third-order valence-electron chi connectivity index (χ3n) is 2.43. The lowest BCUT2D eigenvalue weighted by molar-refractivity contribution is -0.145. The van der Waals surface area contributed by atoms with Crippen LogP contribution in [0.25, 0.3) is 0 Å². The van der Waals surface area contributed by atoms with Gasteiger partial charge in [-0.05, 0) is 25.1 Å². The Labute approximate surface area is 96.5 Å². The summed E-state index contributed by atoms with van der Waals surface area (Å²) in [5, 5.41) is 0. The Balaban J connectivity index is 2.12. The van der Waals surface area contributed by atoms with E-state index in [-0.39, 0.29) is 5.97 Å². The Kier molecular flexibility index (Phi) is 6.85. The second-order valence-corrected chi connectivity index (χ2v) is 5.04. The molecule has 1 aliphatic heterocycles. The number of thioether (sulfide) groups is 1. The predicted octanol–water partition coefficient (Wildman–Crippen LogP) is 1.77. The van der Waals surface area contributed by atoms with Crippen molar-refractivity contribution in [2.45, 2.75) is 26.2 Å². The number of rotatable bonds is 5. The maximum absolute atomic E-state index is 11.4. The lowest BCUT2D eigenvalue weighted by Gasteiger charge is -2.17. The summed E-state index contributed by atoms with van der Waals surface area (Å²) in [5.74, 6) is 2.30. The van der Waals surface area contributed by atoms with Crippen LogP contribution < -0.4 is 0 Å². The average Bonchev–Trinajstić information content (AvgIpc) is 2.47. The molecular formula is C11H21NO2S. The van der Waals surface area contributed by atoms with E-state index >= 15 is 0 Å². The minimum absolute atomic E-state index is 0.0599. The molecule has 0 aliphatic carbocycles. The van der Waals surface area contributed by atoms with Gasteiger partial charge in [-0.15, -0.1) is 0 Å². The molecule has 0 bridgehead atoms. The second-order valence-electron chi connectivity index (χ2n) is 3.82. The van der Waals surface area contributed by atoms with Gasteiger partial charge in [-0.25, -0.2) is 0 Å². The molecule has 1 aliphatic rings. The van der Waals surface area contributed by atoms with E-state index in [9.17, 15) is 4.79 Å². The highest BCUT2D eigenvalue weighted by atomic mass is 32.2. The molecule has 0 aromatic heterocycles. The molecule has 1 saturated heterocycles. The topological polar surface area (TPSA) is 29.5 Å². The van der Waals surface area contributed by atoms with Crippen LogP contribution in [0.3, 0.4) is 0 Å². The van der Waals surface area contributed by atoms with Crippen LogP contribution in [0, 0.1) is 0 Å². The van der Waals surface area contributed by atoms with E-state index < -0.39 is 0 Å². The number of esters is 1. The van der Waals surface area contributed by atoms with Crippen LogP contribution in [0.5, 0.6) is 0 Å². The quantitative estimate of drug-likeness (QED) is 0.533. The molecule has 3 nitrogen and oxygen atoms in total. The van der Waals surface area contributed by atoms with Gasteiger partial charge in [-0.3, -0.25) is 9.69 Å². The lowest BCUT2D eigenvalue weighted by Crippen LogP contribution is -2.32. The number of hydrogen-bond donors (Lipinski definition) is 0. The van der Waals surface area contributed by atoms with Crippen molar-refractivity contribution in [3.05, 3.63) is 0 Å². The van der Waals surface area contributed by atoms with Gasteiger partial charge in [0.2, 0.25) is 0 Å². The number of unbranched alkanes of at least 4 members (excludes halogenated alkanes) is 1. The normalized spacial score (nSPS) is 18.5. The summed E-state index contributed by atoms with van der Waals surface area (Å²) in [4.78, 5) is 13.6. The number of carbonyl (C=O) groups is 1. The first-order valence-corrected chi connectivity index (χ1v) is 6.94. The first-order valence-electron chi connectivity index (χ1n) is 5.78. The van der Waals surface area contributed by atoms with Gasteiger partial charge in [0.25, 0.3) is 0 Å². The summed E-state index contributed by atoms with van der Waals surface area (Å²) >= 11 is 1.97. The van der Waals surface area contributed by atoms with Gasteiger partial charge in [-0.2, -0.15) is 11.8 Å². The van der Waals surface area contributed by atoms with Crippen LogP contribution in [-0.4, -0.2) is 48.6 Å². The molecule has 0 spiro atoms. The number of hydrogen-bond acceptors (Lipinski definition) is 4. The molecule has 0 N–H and O–H groups in total. The summed E-state index contributed by atoms with van der Waals surface area (Å²) in [6.45, 7) is 5.21. The molecule has 88 valence electrons. The van der Waals surface area contributed by atoms with Crippen molar-refractivity contribution in [2.75, 3.05) is 37.7 Å². The lowest BCUT2D eigenvalue weighted by atomic mass is 10.3. The second kappa shape index (κ2) is 7.99. The fourth-order valence-electron chi connectivity index (χ4n) is 1.51. The minimum Gasteiger partial charge on any atom is -0.465 e. The Hall–Kier alpha value is -0.220. The van der Waals surface area contributed by atoms with Gasteiger partial charge < -0.3 is 4.74 Å². The zero-order chi connectivity index (χ0) is 10.9. The molecule has 4 heteroatoms. The maximum atomic E-state index is 11.4. The van der Waals surface area contributed by atoms with Gasteiger partial charge in [-0.1, -0.05) is 13.3 Å². The van der Waals surface area contributed by atoms with Crippen LogP contribution >= 0.6 is 11.8 Å². The first kappa shape index (κ1) is 12.8. The van der Waals surface area contributed by atoms with Crippen LogP contribution in [0.2, 0.25) is 0 Å². The Morgan fingerprint density at radius 1 is 1.40 bits per heavy atom. The summed E-state index contributed by atoms with van der Waals surface area (Å²) in [7, 11) is 0. The SMILES string of the molecule is CCCCOC(=O)CN1CCCSCC1. The average molecular weight is 231 g/mol. The van der Waals surface area contributed by atoms with E-state index in [4.69, 9.17) is 4.74 Å². The van der Waals surface area contributed by atoms with Gasteiger partial charge in [0.15, 0.2) is 0 Å². The van der Waals surface area contributed by atoms with Crippen molar-refractivity contribution in [1.29, 1.82) is 0 Å². The summed E-state index contributed by atoms with van der Waals surface area (Å²) < 4.78 is 5.14. The Morgan fingerprint density at radius 3 is 3.07 bits per heavy atom. The number of carbonyl (C=O) groups excluding carboxylic acids is 1. The number of nitrogens with zero attached hydrogens (tertiary/aromatic N) is 1. The van der Waals surface area contributed by atoms with E-state index in [2.05, 4.69) is 11.8 Å². The van der Waals surface area contributed by atoms with E-state index in [0.29, 0.717) is 13.2 Å². The molecular weight excluding hydrogens is 210 g/mol. The standard InChI is InChI=1S/C11H21NO2S/c1-2-3-7-14-11(13)10-12-5-4-8-15-9-6-12/h2-10H2,1H3. The minimum atomic E-state index is -0.0599. The molecule has 0 aromatic carbocycles. The zero-order valence-corrected chi connectivity index (χ0v) is 10.4. The molecule has 0 aromatic rings. The largest absolute Gasteiger partial charge is 0.465 e. The molecule has 0 saturated carbocycles. The highest BCUT2D eigenvalue weighted by Crippen LogP contribution is 2.09. The van der Waals surface area contributed by atoms with Crippen molar-refractivity contribution >= 4 is 17.7 Å². The summed E-state index contributed by atoms with van der Waals surface area (Å²) in [5.41, 5.74) is 0. The Bertz CT molecular complexity index is 179. The van der Waals surface area contributed by atoms with Gasteiger partial charge in [0, 0.05) is 12.3 Å². The van der Waals surface area contributed by atoms with Crippen molar-refractivity contribution in [1.82, 2.24) is 4.90 Å². The van der Waals surface area contributed by atoms with Gasteiger partial charge in [0.05, 0.1) is 13.2 Å². The zero-order valence-electron chi connectivity index (χ0n) is 9.54. The van der Waals surface area contributed by atoms with Crippen LogP contribution in [0.1, 0.15) is 26.2 Å². The summed E-state index contributed by atoms with van der Waals surface area (Å²) in [6.07, 6.45) is 3.24. The number of ether oxygens (including phenoxy) is 1. The van der Waals surface area contributed by atoms with E-state index in [1.807, 2.05) is 11.8 Å². The van der Waals surface area contributed by atoms with Crippen molar-refractivity contribution < 1.29 is 9.53 Å². The molecule has 1 fully saturated rings. The van der Waals surface area contributed by atoms with E-state index in [0.717, 1.165) is 31.7 Å². The highest BCUT2D eigenvalue weighted by Gasteiger charge is 2.13. The van der Waals surface area contributed by atoms with Crippen LogP contribution in [0.4, 0.5) is 0 Å². The third kappa shape index (κ3) is 6.05. The smallest absolute Gasteiger partial charge is 0.320 e. The van der Waals surface area contributed by atoms with Crippen LogP contribution in [0.15, 0.2) is 0 Å². The molecule has 15 heavy (non-hydrogen) atoms. The molecule has 0 radical (unpaired) electrons. The maximum Gasteiger partial charge on any atom is 0.320 e. The molecule has 0 unspecified atom stereocenters. The van der Waals surface area contributed by atoms with Crippen molar-refractivity contribution in [2.24, 2.45) is 0 Å². The predicted molar refractivity (Wildman–Crippen MR) is 64.2 cm³/mol. The van der Waals surface area contributed by atoms with Gasteiger partial charge in [0.1, 0.15) is 0 Å². The van der Waals surface area contributed by atoms with Gasteiger partial charge >= 0.3 is 5.97 Å². The molecule has 0 amide bonds. The van der Waals surface area contributed by atoms with Crippen molar-refractivity contribution in [3.8, 4) is 0 Å². The Morgan fingerprint density at radius 2 is 2.27 bits per heavy atom. The molecule has 1 rings (SSSR count). The van der Waals surface area contributed by atoms with Crippen LogP contribution in [-0.2, 0) is 9.53 Å². The highest BCUT2D eigenvalue weighted by molar-refractivity contribution is 7.99. The first-order chi connectivity index (χ1) is 7.33. The third-order valence-corrected chi connectivity index (χ3v) is 3.48. The van der Waals surface area contributed by atoms with Crippen molar-refractivity contribution in [3.63, 3.8) is 0 Å². The summed E-state index contributed by atoms with van der Waals surface area (Å²) in [6, 6.07) is 0. The van der Waals surface area contributed by atoms with E-state index in [1.165, 1.54) is 12.2 Å². The monoisotopic (exact) mass is 231 g/mol. The molecule has 1 heterocycles. The fourth-order valence-corrected chi connectivity index (χ4v) is 2.44.